The van der Waals surface area contributed by atoms with Crippen LogP contribution in [0.3, 0.4) is 0 Å². The molecule has 1 aliphatic rings. The number of aliphatic hydroxyl groups is 1. The zero-order chi connectivity index (χ0) is 13.9. The molecule has 2 aromatic rings. The number of nitrogens with zero attached hydrogens (tertiary/aromatic N) is 5. The summed E-state index contributed by atoms with van der Waals surface area (Å²) in [5.41, 5.74) is 6.73. The van der Waals surface area contributed by atoms with Crippen molar-refractivity contribution in [3.05, 3.63) is 6.33 Å². The molecule has 0 aromatic carbocycles. The van der Waals surface area contributed by atoms with Crippen molar-refractivity contribution in [2.75, 3.05) is 30.3 Å². The molecule has 3 N–H and O–H groups in total. The fourth-order valence-electron chi connectivity index (χ4n) is 2.79. The third-order valence-electron chi connectivity index (χ3n) is 3.75. The van der Waals surface area contributed by atoms with Gasteiger partial charge in [0.15, 0.2) is 11.5 Å². The first-order valence-corrected chi connectivity index (χ1v) is 7.14. The lowest BCUT2D eigenvalue weighted by Gasteiger charge is -2.21. The number of aromatic nitrogens is 4. The average Bonchev–Trinajstić information content (AvgIpc) is 2.67. The van der Waals surface area contributed by atoms with E-state index in [9.17, 15) is 0 Å². The van der Waals surface area contributed by atoms with Crippen molar-refractivity contribution in [1.82, 2.24) is 19.7 Å². The van der Waals surface area contributed by atoms with Crippen molar-refractivity contribution in [2.24, 2.45) is 0 Å². The van der Waals surface area contributed by atoms with Crippen LogP contribution in [0.1, 0.15) is 25.7 Å². The molecular weight excluding hydrogens is 256 g/mol. The summed E-state index contributed by atoms with van der Waals surface area (Å²) in [5, 5.41) is 14.2. The predicted molar refractivity (Wildman–Crippen MR) is 77.5 cm³/mol. The van der Waals surface area contributed by atoms with E-state index in [0.717, 1.165) is 24.3 Å². The van der Waals surface area contributed by atoms with Gasteiger partial charge in [0.25, 0.3) is 0 Å². The van der Waals surface area contributed by atoms with Crippen LogP contribution in [-0.4, -0.2) is 44.6 Å². The zero-order valence-electron chi connectivity index (χ0n) is 11.5. The number of nitrogen functional groups attached to an aromatic ring is 1. The van der Waals surface area contributed by atoms with E-state index >= 15 is 0 Å². The van der Waals surface area contributed by atoms with Crippen molar-refractivity contribution >= 4 is 22.7 Å². The van der Waals surface area contributed by atoms with Crippen molar-refractivity contribution in [2.45, 2.75) is 32.2 Å². The van der Waals surface area contributed by atoms with Crippen LogP contribution in [0.25, 0.3) is 11.0 Å². The lowest BCUT2D eigenvalue weighted by Crippen LogP contribution is -2.25. The summed E-state index contributed by atoms with van der Waals surface area (Å²) in [6, 6.07) is 0. The zero-order valence-corrected chi connectivity index (χ0v) is 11.5. The minimum Gasteiger partial charge on any atom is -0.394 e. The molecule has 7 nitrogen and oxygen atoms in total. The fourth-order valence-corrected chi connectivity index (χ4v) is 2.79. The highest BCUT2D eigenvalue weighted by molar-refractivity contribution is 5.96. The number of aliphatic hydroxyl groups excluding tert-OH is 1. The van der Waals surface area contributed by atoms with Gasteiger partial charge >= 0.3 is 0 Å². The second-order valence-electron chi connectivity index (χ2n) is 5.13. The maximum Gasteiger partial charge on any atom is 0.165 e. The standard InChI is InChI=1S/C13H20N6O/c14-11-10-12(18-5-3-1-2-4-6-18)15-9-16-13(10)19(17-11)7-8-20/h9,20H,1-8H2,(H2,14,17). The third-order valence-corrected chi connectivity index (χ3v) is 3.75. The van der Waals surface area contributed by atoms with Crippen molar-refractivity contribution in [3.63, 3.8) is 0 Å². The fraction of sp³-hybridized carbons (Fsp3) is 0.615. The van der Waals surface area contributed by atoms with Gasteiger partial charge in [-0.2, -0.15) is 5.10 Å². The second kappa shape index (κ2) is 5.62. The van der Waals surface area contributed by atoms with Crippen LogP contribution in [0.5, 0.6) is 0 Å². The Hall–Kier alpha value is -1.89. The van der Waals surface area contributed by atoms with Gasteiger partial charge in [-0.15, -0.1) is 0 Å². The first kappa shape index (κ1) is 13.1. The van der Waals surface area contributed by atoms with Crippen LogP contribution in [0.15, 0.2) is 6.33 Å². The molecule has 1 fully saturated rings. The van der Waals surface area contributed by atoms with E-state index < -0.39 is 0 Å². The number of anilines is 2. The highest BCUT2D eigenvalue weighted by Crippen LogP contribution is 2.29. The van der Waals surface area contributed by atoms with Crippen LogP contribution in [-0.2, 0) is 6.54 Å². The van der Waals surface area contributed by atoms with Gasteiger partial charge in [-0.1, -0.05) is 12.8 Å². The van der Waals surface area contributed by atoms with E-state index in [0.29, 0.717) is 18.0 Å². The molecule has 0 unspecified atom stereocenters. The smallest absolute Gasteiger partial charge is 0.165 e. The van der Waals surface area contributed by atoms with Crippen LogP contribution in [0, 0.1) is 0 Å². The molecule has 1 aliphatic heterocycles. The van der Waals surface area contributed by atoms with Gasteiger partial charge in [0.1, 0.15) is 17.5 Å². The third kappa shape index (κ3) is 2.29. The van der Waals surface area contributed by atoms with Crippen LogP contribution in [0.4, 0.5) is 11.6 Å². The lowest BCUT2D eigenvalue weighted by molar-refractivity contribution is 0.271. The van der Waals surface area contributed by atoms with Gasteiger partial charge in [-0.3, -0.25) is 0 Å². The van der Waals surface area contributed by atoms with Gasteiger partial charge in [0.05, 0.1) is 13.2 Å². The van der Waals surface area contributed by atoms with E-state index in [1.165, 1.54) is 25.7 Å². The SMILES string of the molecule is Nc1nn(CCO)c2ncnc(N3CCCCCC3)c12. The van der Waals surface area contributed by atoms with Crippen LogP contribution >= 0.6 is 0 Å². The molecule has 20 heavy (non-hydrogen) atoms. The normalized spacial score (nSPS) is 16.6. The molecule has 0 aliphatic carbocycles. The quantitative estimate of drug-likeness (QED) is 0.860. The Balaban J connectivity index is 2.06. The van der Waals surface area contributed by atoms with Crippen LogP contribution in [0.2, 0.25) is 0 Å². The van der Waals surface area contributed by atoms with Gasteiger partial charge in [0, 0.05) is 13.1 Å². The molecule has 0 amide bonds. The molecule has 3 rings (SSSR count). The van der Waals surface area contributed by atoms with E-state index in [2.05, 4.69) is 20.0 Å². The summed E-state index contributed by atoms with van der Waals surface area (Å²) >= 11 is 0. The molecule has 108 valence electrons. The molecular formula is C13H20N6O. The highest BCUT2D eigenvalue weighted by atomic mass is 16.3. The Bertz CT molecular complexity index is 588. The van der Waals surface area contributed by atoms with Crippen molar-refractivity contribution in [3.8, 4) is 0 Å². The first-order chi connectivity index (χ1) is 9.81. The molecule has 0 bridgehead atoms. The molecule has 0 saturated carbocycles. The lowest BCUT2D eigenvalue weighted by atomic mass is 10.2. The number of rotatable bonds is 3. The number of hydrogen-bond acceptors (Lipinski definition) is 6. The molecule has 0 atom stereocenters. The summed E-state index contributed by atoms with van der Waals surface area (Å²) in [5.74, 6) is 1.31. The number of hydrogen-bond donors (Lipinski definition) is 2. The Kier molecular flexibility index (Phi) is 3.68. The molecule has 7 heteroatoms. The minimum atomic E-state index is 0.0132. The monoisotopic (exact) mass is 276 g/mol. The Labute approximate surface area is 117 Å². The van der Waals surface area contributed by atoms with Crippen LogP contribution < -0.4 is 10.6 Å². The Morgan fingerprint density at radius 3 is 2.60 bits per heavy atom. The van der Waals surface area contributed by atoms with Gasteiger partial charge in [-0.05, 0) is 12.8 Å². The maximum absolute atomic E-state index is 9.09. The molecule has 3 heterocycles. The molecule has 0 spiro atoms. The van der Waals surface area contributed by atoms with Crippen molar-refractivity contribution < 1.29 is 5.11 Å². The first-order valence-electron chi connectivity index (χ1n) is 7.14. The largest absolute Gasteiger partial charge is 0.394 e. The van der Waals surface area contributed by atoms with E-state index in [4.69, 9.17) is 10.8 Å². The molecule has 0 radical (unpaired) electrons. The van der Waals surface area contributed by atoms with Gasteiger partial charge in [-0.25, -0.2) is 14.6 Å². The summed E-state index contributed by atoms with van der Waals surface area (Å²) in [4.78, 5) is 11.0. The average molecular weight is 276 g/mol. The van der Waals surface area contributed by atoms with E-state index in [1.54, 1.807) is 11.0 Å². The minimum absolute atomic E-state index is 0.0132. The number of fused-ring (bicyclic) bond motifs is 1. The van der Waals surface area contributed by atoms with E-state index in [1.807, 2.05) is 0 Å². The van der Waals surface area contributed by atoms with Gasteiger partial charge < -0.3 is 15.7 Å². The topological polar surface area (TPSA) is 93.1 Å². The maximum atomic E-state index is 9.09. The Morgan fingerprint density at radius 1 is 1.15 bits per heavy atom. The summed E-state index contributed by atoms with van der Waals surface area (Å²) in [7, 11) is 0. The summed E-state index contributed by atoms with van der Waals surface area (Å²) < 4.78 is 1.65. The second-order valence-corrected chi connectivity index (χ2v) is 5.13. The van der Waals surface area contributed by atoms with Gasteiger partial charge in [0.2, 0.25) is 0 Å². The van der Waals surface area contributed by atoms with Crippen molar-refractivity contribution in [1.29, 1.82) is 0 Å². The molecule has 2 aromatic heterocycles. The Morgan fingerprint density at radius 2 is 1.90 bits per heavy atom. The highest BCUT2D eigenvalue weighted by Gasteiger charge is 2.19. The molecule has 1 saturated heterocycles. The summed E-state index contributed by atoms with van der Waals surface area (Å²) in [6.45, 7) is 2.40. The summed E-state index contributed by atoms with van der Waals surface area (Å²) in [6.07, 6.45) is 6.44. The van der Waals surface area contributed by atoms with E-state index in [-0.39, 0.29) is 6.61 Å². The number of nitrogens with two attached hydrogens (primary N) is 1. The predicted octanol–water partition coefficient (Wildman–Crippen LogP) is 0.781.